The number of carbonyl (C=O) groups is 1. The van der Waals surface area contributed by atoms with E-state index in [9.17, 15) is 4.79 Å². The Labute approximate surface area is 208 Å². The van der Waals surface area contributed by atoms with Gasteiger partial charge in [-0.1, -0.05) is 53.5 Å². The van der Waals surface area contributed by atoms with E-state index < -0.39 is 0 Å². The quantitative estimate of drug-likeness (QED) is 0.316. The number of hydrogen-bond acceptors (Lipinski definition) is 4. The molecule has 1 amide bonds. The number of methoxy groups -OCH3 is 1. The molecule has 0 saturated heterocycles. The second kappa shape index (κ2) is 10.6. The van der Waals surface area contributed by atoms with Gasteiger partial charge in [-0.3, -0.25) is 4.79 Å². The van der Waals surface area contributed by atoms with Gasteiger partial charge < -0.3 is 14.8 Å². The first-order valence-corrected chi connectivity index (χ1v) is 11.4. The van der Waals surface area contributed by atoms with E-state index in [0.717, 1.165) is 28.3 Å². The minimum atomic E-state index is -0.309. The van der Waals surface area contributed by atoms with Crippen LogP contribution >= 0.6 is 23.2 Å². The lowest BCUT2D eigenvalue weighted by molar-refractivity contribution is 0.0951. The van der Waals surface area contributed by atoms with Crippen molar-refractivity contribution in [3.63, 3.8) is 0 Å². The maximum absolute atomic E-state index is 12.9. The van der Waals surface area contributed by atoms with Crippen molar-refractivity contribution in [3.8, 4) is 28.4 Å². The first kappa shape index (κ1) is 23.7. The van der Waals surface area contributed by atoms with E-state index >= 15 is 0 Å². The summed E-state index contributed by atoms with van der Waals surface area (Å²) in [4.78, 5) is 12.9. The summed E-state index contributed by atoms with van der Waals surface area (Å²) in [7, 11) is 1.62. The third-order valence-electron chi connectivity index (χ3n) is 5.14. The standard InChI is InChI=1S/C26H23Cl2N3O3/c1-3-34-25-22(27)13-18(14-23(25)28)26(32)29-15-19-16-31(20-9-5-4-6-10-20)30-24(19)17-8-7-11-21(12-17)33-2/h4-14,16H,3,15H2,1-2H3,(H,29,32). The molecular formula is C26H23Cl2N3O3. The number of carbonyl (C=O) groups excluding carboxylic acids is 1. The van der Waals surface area contributed by atoms with Crippen molar-refractivity contribution in [2.45, 2.75) is 13.5 Å². The van der Waals surface area contributed by atoms with Crippen molar-refractivity contribution >= 4 is 29.1 Å². The Morgan fingerprint density at radius 2 is 1.76 bits per heavy atom. The molecule has 0 saturated carbocycles. The van der Waals surface area contributed by atoms with Crippen LogP contribution in [0.15, 0.2) is 72.9 Å². The van der Waals surface area contributed by atoms with E-state index in [4.69, 9.17) is 37.8 Å². The number of hydrogen-bond donors (Lipinski definition) is 1. The van der Waals surface area contributed by atoms with E-state index in [-0.39, 0.29) is 22.5 Å². The SMILES string of the molecule is CCOc1c(Cl)cc(C(=O)NCc2cn(-c3ccccc3)nc2-c2cccc(OC)c2)cc1Cl. The molecule has 0 atom stereocenters. The topological polar surface area (TPSA) is 65.4 Å². The Kier molecular flexibility index (Phi) is 7.40. The number of halogens is 2. The van der Waals surface area contributed by atoms with E-state index in [1.165, 1.54) is 0 Å². The van der Waals surface area contributed by atoms with E-state index in [2.05, 4.69) is 5.32 Å². The number of nitrogens with zero attached hydrogens (tertiary/aromatic N) is 2. The number of nitrogens with one attached hydrogen (secondary N) is 1. The number of para-hydroxylation sites is 1. The normalized spacial score (nSPS) is 10.7. The summed E-state index contributed by atoms with van der Waals surface area (Å²) in [5.74, 6) is 0.781. The molecule has 0 spiro atoms. The van der Waals surface area contributed by atoms with Gasteiger partial charge in [0, 0.05) is 29.4 Å². The van der Waals surface area contributed by atoms with Gasteiger partial charge in [0.05, 0.1) is 35.1 Å². The molecule has 0 aliphatic heterocycles. The monoisotopic (exact) mass is 495 g/mol. The lowest BCUT2D eigenvalue weighted by atomic mass is 10.1. The molecule has 4 rings (SSSR count). The van der Waals surface area contributed by atoms with Crippen molar-refractivity contribution in [1.29, 1.82) is 0 Å². The van der Waals surface area contributed by atoms with Crippen molar-refractivity contribution in [3.05, 3.63) is 94.1 Å². The summed E-state index contributed by atoms with van der Waals surface area (Å²) < 4.78 is 12.6. The third-order valence-corrected chi connectivity index (χ3v) is 5.70. The molecule has 0 radical (unpaired) electrons. The van der Waals surface area contributed by atoms with Crippen LogP contribution in [-0.2, 0) is 6.54 Å². The van der Waals surface area contributed by atoms with Crippen LogP contribution in [-0.4, -0.2) is 29.4 Å². The van der Waals surface area contributed by atoms with Gasteiger partial charge in [-0.2, -0.15) is 5.10 Å². The van der Waals surface area contributed by atoms with Gasteiger partial charge in [0.25, 0.3) is 5.91 Å². The van der Waals surface area contributed by atoms with Crippen LogP contribution in [0.3, 0.4) is 0 Å². The Morgan fingerprint density at radius 1 is 1.03 bits per heavy atom. The predicted molar refractivity (Wildman–Crippen MR) is 134 cm³/mol. The maximum atomic E-state index is 12.9. The minimum absolute atomic E-state index is 0.251. The molecule has 0 fully saturated rings. The molecular weight excluding hydrogens is 473 g/mol. The summed E-state index contributed by atoms with van der Waals surface area (Å²) in [6.07, 6.45) is 1.91. The number of benzene rings is 3. The molecule has 1 heterocycles. The van der Waals surface area contributed by atoms with Crippen molar-refractivity contribution in [2.75, 3.05) is 13.7 Å². The lowest BCUT2D eigenvalue weighted by Gasteiger charge is -2.11. The highest BCUT2D eigenvalue weighted by Crippen LogP contribution is 2.34. The highest BCUT2D eigenvalue weighted by molar-refractivity contribution is 6.37. The molecule has 6 nitrogen and oxygen atoms in total. The second-order valence-corrected chi connectivity index (χ2v) is 8.21. The van der Waals surface area contributed by atoms with E-state index in [1.54, 1.807) is 23.9 Å². The third kappa shape index (κ3) is 5.19. The molecule has 0 aliphatic carbocycles. The number of rotatable bonds is 8. The van der Waals surface area contributed by atoms with Gasteiger partial charge in [-0.05, 0) is 43.3 Å². The molecule has 1 aromatic heterocycles. The molecule has 8 heteroatoms. The zero-order valence-corrected chi connectivity index (χ0v) is 20.2. The summed E-state index contributed by atoms with van der Waals surface area (Å²) >= 11 is 12.5. The molecule has 0 bridgehead atoms. The van der Waals surface area contributed by atoms with Gasteiger partial charge in [-0.15, -0.1) is 0 Å². The summed E-state index contributed by atoms with van der Waals surface area (Å²) in [6.45, 7) is 2.51. The van der Waals surface area contributed by atoms with Crippen molar-refractivity contribution < 1.29 is 14.3 Å². The van der Waals surface area contributed by atoms with Crippen LogP contribution in [0.4, 0.5) is 0 Å². The minimum Gasteiger partial charge on any atom is -0.497 e. The average molecular weight is 496 g/mol. The highest BCUT2D eigenvalue weighted by atomic mass is 35.5. The Balaban J connectivity index is 1.63. The number of amides is 1. The van der Waals surface area contributed by atoms with Crippen molar-refractivity contribution in [2.24, 2.45) is 0 Å². The molecule has 4 aromatic rings. The maximum Gasteiger partial charge on any atom is 0.251 e. The van der Waals surface area contributed by atoms with Crippen molar-refractivity contribution in [1.82, 2.24) is 15.1 Å². The fraction of sp³-hybridized carbons (Fsp3) is 0.154. The number of aromatic nitrogens is 2. The molecule has 0 unspecified atom stereocenters. The van der Waals surface area contributed by atoms with Gasteiger partial charge in [0.15, 0.2) is 5.75 Å². The van der Waals surface area contributed by atoms with Crippen LogP contribution in [0.2, 0.25) is 10.0 Å². The summed E-state index contributed by atoms with van der Waals surface area (Å²) in [5, 5.41) is 8.30. The Morgan fingerprint density at radius 3 is 2.44 bits per heavy atom. The second-order valence-electron chi connectivity index (χ2n) is 7.40. The van der Waals surface area contributed by atoms with Crippen LogP contribution in [0, 0.1) is 0 Å². The van der Waals surface area contributed by atoms with Gasteiger partial charge >= 0.3 is 0 Å². The summed E-state index contributed by atoms with van der Waals surface area (Å²) in [6, 6.07) is 20.5. The van der Waals surface area contributed by atoms with Crippen LogP contribution in [0.5, 0.6) is 11.5 Å². The average Bonchev–Trinajstić information content (AvgIpc) is 3.29. The first-order chi connectivity index (χ1) is 16.5. The number of ether oxygens (including phenoxy) is 2. The Bertz CT molecular complexity index is 1280. The fourth-order valence-corrected chi connectivity index (χ4v) is 4.11. The predicted octanol–water partition coefficient (Wildman–Crippen LogP) is 6.18. The van der Waals surface area contributed by atoms with Crippen LogP contribution in [0.1, 0.15) is 22.8 Å². The first-order valence-electron chi connectivity index (χ1n) is 10.7. The smallest absolute Gasteiger partial charge is 0.251 e. The fourth-order valence-electron chi connectivity index (χ4n) is 3.52. The van der Waals surface area contributed by atoms with E-state index in [1.807, 2.05) is 67.7 Å². The largest absolute Gasteiger partial charge is 0.497 e. The lowest BCUT2D eigenvalue weighted by Crippen LogP contribution is -2.23. The van der Waals surface area contributed by atoms with E-state index in [0.29, 0.717) is 17.9 Å². The Hall–Kier alpha value is -3.48. The zero-order chi connectivity index (χ0) is 24.1. The zero-order valence-electron chi connectivity index (χ0n) is 18.7. The van der Waals surface area contributed by atoms with Crippen LogP contribution in [0.25, 0.3) is 16.9 Å². The summed E-state index contributed by atoms with van der Waals surface area (Å²) in [5.41, 5.74) is 3.72. The van der Waals surface area contributed by atoms with Gasteiger partial charge in [0.1, 0.15) is 5.75 Å². The molecule has 3 aromatic carbocycles. The molecule has 174 valence electrons. The molecule has 1 N–H and O–H groups in total. The van der Waals surface area contributed by atoms with Gasteiger partial charge in [0.2, 0.25) is 0 Å². The van der Waals surface area contributed by atoms with Gasteiger partial charge in [-0.25, -0.2) is 4.68 Å². The highest BCUT2D eigenvalue weighted by Gasteiger charge is 2.17. The molecule has 34 heavy (non-hydrogen) atoms. The molecule has 0 aliphatic rings. The van der Waals surface area contributed by atoms with Crippen LogP contribution < -0.4 is 14.8 Å².